The highest BCUT2D eigenvalue weighted by Crippen LogP contribution is 2.24. The van der Waals surface area contributed by atoms with Crippen LogP contribution in [0.5, 0.6) is 0 Å². The molecule has 17 heavy (non-hydrogen) atoms. The Balaban J connectivity index is 1.98. The maximum absolute atomic E-state index is 5.38. The fraction of sp³-hybridized carbons (Fsp3) is 0.333. The Bertz CT molecular complexity index is 477. The van der Waals surface area contributed by atoms with Crippen molar-refractivity contribution < 1.29 is 4.74 Å². The molecule has 0 unspecified atom stereocenters. The maximum atomic E-state index is 5.38. The van der Waals surface area contributed by atoms with Gasteiger partial charge >= 0.3 is 0 Å². The van der Waals surface area contributed by atoms with E-state index in [1.807, 2.05) is 10.6 Å². The topological polar surface area (TPSA) is 43.2 Å². The number of nitrogens with zero attached hydrogens (tertiary/aromatic N) is 4. The minimum atomic E-state index is 0.788. The van der Waals surface area contributed by atoms with E-state index < -0.39 is 0 Å². The van der Waals surface area contributed by atoms with Crippen LogP contribution in [0.2, 0.25) is 0 Å². The van der Waals surface area contributed by atoms with Crippen LogP contribution >= 0.6 is 0 Å². The lowest BCUT2D eigenvalue weighted by Crippen LogP contribution is -2.36. The summed E-state index contributed by atoms with van der Waals surface area (Å²) in [5.41, 5.74) is 2.31. The molecule has 0 saturated carbocycles. The van der Waals surface area contributed by atoms with Gasteiger partial charge in [-0.3, -0.25) is 4.57 Å². The number of benzene rings is 1. The van der Waals surface area contributed by atoms with Crippen molar-refractivity contribution in [1.29, 1.82) is 0 Å². The van der Waals surface area contributed by atoms with Gasteiger partial charge in [0.2, 0.25) is 0 Å². The molecule has 0 bridgehead atoms. The summed E-state index contributed by atoms with van der Waals surface area (Å²) in [5.74, 6) is 0. The van der Waals surface area contributed by atoms with Crippen LogP contribution in [-0.4, -0.2) is 41.1 Å². The lowest BCUT2D eigenvalue weighted by atomic mass is 10.2. The van der Waals surface area contributed by atoms with E-state index in [0.717, 1.165) is 32.0 Å². The van der Waals surface area contributed by atoms with Gasteiger partial charge in [0.05, 0.1) is 24.6 Å². The summed E-state index contributed by atoms with van der Waals surface area (Å²) in [6.07, 6.45) is 3.44. The van der Waals surface area contributed by atoms with Crippen LogP contribution in [-0.2, 0) is 4.74 Å². The number of rotatable bonds is 2. The summed E-state index contributed by atoms with van der Waals surface area (Å²) in [7, 11) is 0. The van der Waals surface area contributed by atoms with E-state index in [4.69, 9.17) is 4.74 Å². The van der Waals surface area contributed by atoms with Gasteiger partial charge in [0.15, 0.2) is 0 Å². The standard InChI is InChI=1S/C12H14N4O/c1-2-4-12(16-9-13-14-10-16)11(3-1)15-5-7-17-8-6-15/h1-4,9-10H,5-8H2. The van der Waals surface area contributed by atoms with Crippen molar-refractivity contribution in [1.82, 2.24) is 14.8 Å². The van der Waals surface area contributed by atoms with Gasteiger partial charge in [-0.05, 0) is 12.1 Å². The molecule has 2 aromatic rings. The van der Waals surface area contributed by atoms with Gasteiger partial charge in [0, 0.05) is 13.1 Å². The van der Waals surface area contributed by atoms with Crippen LogP contribution < -0.4 is 4.90 Å². The van der Waals surface area contributed by atoms with Crippen LogP contribution in [0.3, 0.4) is 0 Å². The van der Waals surface area contributed by atoms with Gasteiger partial charge in [-0.25, -0.2) is 0 Å². The highest BCUT2D eigenvalue weighted by atomic mass is 16.5. The van der Waals surface area contributed by atoms with E-state index in [1.165, 1.54) is 5.69 Å². The van der Waals surface area contributed by atoms with Gasteiger partial charge in [0.25, 0.3) is 0 Å². The molecule has 2 heterocycles. The van der Waals surface area contributed by atoms with Crippen molar-refractivity contribution in [2.75, 3.05) is 31.2 Å². The molecule has 1 saturated heterocycles. The van der Waals surface area contributed by atoms with Crippen molar-refractivity contribution in [2.24, 2.45) is 0 Å². The monoisotopic (exact) mass is 230 g/mol. The van der Waals surface area contributed by atoms with Gasteiger partial charge < -0.3 is 9.64 Å². The molecule has 1 aromatic heterocycles. The predicted molar refractivity (Wildman–Crippen MR) is 64.4 cm³/mol. The number of aromatic nitrogens is 3. The summed E-state index contributed by atoms with van der Waals surface area (Å²) in [4.78, 5) is 2.33. The molecule has 1 fully saturated rings. The molecule has 1 aliphatic heterocycles. The Labute approximate surface area is 99.6 Å². The lowest BCUT2D eigenvalue weighted by molar-refractivity contribution is 0.122. The third-order valence-electron chi connectivity index (χ3n) is 2.93. The van der Waals surface area contributed by atoms with Gasteiger partial charge in [-0.1, -0.05) is 12.1 Å². The first kappa shape index (κ1) is 10.3. The Morgan fingerprint density at radius 2 is 1.59 bits per heavy atom. The number of hydrogen-bond donors (Lipinski definition) is 0. The Morgan fingerprint density at radius 1 is 0.941 bits per heavy atom. The number of ether oxygens (including phenoxy) is 1. The highest BCUT2D eigenvalue weighted by molar-refractivity contribution is 5.62. The van der Waals surface area contributed by atoms with Crippen LogP contribution in [0.15, 0.2) is 36.9 Å². The molecular weight excluding hydrogens is 216 g/mol. The minimum Gasteiger partial charge on any atom is -0.378 e. The fourth-order valence-electron chi connectivity index (χ4n) is 2.08. The summed E-state index contributed by atoms with van der Waals surface area (Å²) >= 11 is 0. The average molecular weight is 230 g/mol. The van der Waals surface area contributed by atoms with Crippen LogP contribution in [0, 0.1) is 0 Å². The molecule has 3 rings (SSSR count). The van der Waals surface area contributed by atoms with Crippen molar-refractivity contribution in [3.8, 4) is 5.69 Å². The second kappa shape index (κ2) is 4.55. The minimum absolute atomic E-state index is 0.788. The predicted octanol–water partition coefficient (Wildman–Crippen LogP) is 1.10. The Morgan fingerprint density at radius 3 is 2.29 bits per heavy atom. The normalized spacial score (nSPS) is 16.1. The molecule has 88 valence electrons. The molecule has 0 spiro atoms. The van der Waals surface area contributed by atoms with Crippen molar-refractivity contribution in [3.63, 3.8) is 0 Å². The van der Waals surface area contributed by atoms with E-state index in [-0.39, 0.29) is 0 Å². The summed E-state index contributed by atoms with van der Waals surface area (Å²) < 4.78 is 7.31. The third kappa shape index (κ3) is 2.01. The molecule has 1 aliphatic rings. The molecular formula is C12H14N4O. The number of hydrogen-bond acceptors (Lipinski definition) is 4. The summed E-state index contributed by atoms with van der Waals surface area (Å²) in [6.45, 7) is 3.44. The van der Waals surface area contributed by atoms with E-state index in [1.54, 1.807) is 12.7 Å². The van der Waals surface area contributed by atoms with Gasteiger partial charge in [0.1, 0.15) is 12.7 Å². The quantitative estimate of drug-likeness (QED) is 0.775. The van der Waals surface area contributed by atoms with E-state index in [9.17, 15) is 0 Å². The SMILES string of the molecule is c1ccc(-n2cnnc2)c(N2CCOCC2)c1. The molecule has 0 atom stereocenters. The second-order valence-electron chi connectivity index (χ2n) is 3.96. The molecule has 0 amide bonds. The summed E-state index contributed by atoms with van der Waals surface area (Å²) in [5, 5.41) is 7.71. The first-order valence-electron chi connectivity index (χ1n) is 5.72. The van der Waals surface area contributed by atoms with E-state index >= 15 is 0 Å². The Hall–Kier alpha value is -1.88. The number of anilines is 1. The fourth-order valence-corrected chi connectivity index (χ4v) is 2.08. The van der Waals surface area contributed by atoms with E-state index in [2.05, 4.69) is 33.3 Å². The molecule has 0 aliphatic carbocycles. The van der Waals surface area contributed by atoms with Crippen LogP contribution in [0.1, 0.15) is 0 Å². The summed E-state index contributed by atoms with van der Waals surface area (Å²) in [6, 6.07) is 8.28. The molecule has 0 radical (unpaired) electrons. The molecule has 0 N–H and O–H groups in total. The zero-order chi connectivity index (χ0) is 11.5. The van der Waals surface area contributed by atoms with Crippen LogP contribution in [0.25, 0.3) is 5.69 Å². The first-order chi connectivity index (χ1) is 8.45. The van der Waals surface area contributed by atoms with Crippen molar-refractivity contribution in [2.45, 2.75) is 0 Å². The molecule has 5 heteroatoms. The average Bonchev–Trinajstić information content (AvgIpc) is 2.94. The first-order valence-corrected chi connectivity index (χ1v) is 5.72. The highest BCUT2D eigenvalue weighted by Gasteiger charge is 2.14. The largest absolute Gasteiger partial charge is 0.378 e. The van der Waals surface area contributed by atoms with E-state index in [0.29, 0.717) is 0 Å². The lowest BCUT2D eigenvalue weighted by Gasteiger charge is -2.30. The van der Waals surface area contributed by atoms with Gasteiger partial charge in [-0.2, -0.15) is 0 Å². The number of para-hydroxylation sites is 2. The van der Waals surface area contributed by atoms with Crippen molar-refractivity contribution >= 4 is 5.69 Å². The Kier molecular flexibility index (Phi) is 2.75. The molecule has 1 aromatic carbocycles. The smallest absolute Gasteiger partial charge is 0.123 e. The zero-order valence-corrected chi connectivity index (χ0v) is 9.49. The maximum Gasteiger partial charge on any atom is 0.123 e. The number of morpholine rings is 1. The van der Waals surface area contributed by atoms with Crippen molar-refractivity contribution in [3.05, 3.63) is 36.9 Å². The third-order valence-corrected chi connectivity index (χ3v) is 2.93. The van der Waals surface area contributed by atoms with Crippen LogP contribution in [0.4, 0.5) is 5.69 Å². The second-order valence-corrected chi connectivity index (χ2v) is 3.96. The zero-order valence-electron chi connectivity index (χ0n) is 9.49. The molecule has 5 nitrogen and oxygen atoms in total. The van der Waals surface area contributed by atoms with Gasteiger partial charge in [-0.15, -0.1) is 10.2 Å².